The highest BCUT2D eigenvalue weighted by atomic mass is 35.7. The molecule has 0 bridgehead atoms. The summed E-state index contributed by atoms with van der Waals surface area (Å²) in [7, 11) is 0.0968. The maximum Gasteiger partial charge on any atom is 0.282 e. The van der Waals surface area contributed by atoms with E-state index in [4.69, 9.17) is 10.7 Å². The van der Waals surface area contributed by atoms with Crippen LogP contribution in [-0.2, 0) is 9.05 Å². The van der Waals surface area contributed by atoms with Crippen LogP contribution in [0.3, 0.4) is 0 Å². The second-order valence-electron chi connectivity index (χ2n) is 2.83. The summed E-state index contributed by atoms with van der Waals surface area (Å²) in [5.41, 5.74) is -2.76. The Labute approximate surface area is 97.4 Å². The molecule has 0 amide bonds. The number of benzene rings is 1. The SMILES string of the molecule is O=[N+]([O-])c1cc(F)cc(S(=O)(=O)Cl)c1C(F)F. The van der Waals surface area contributed by atoms with Crippen molar-refractivity contribution in [2.24, 2.45) is 0 Å². The third kappa shape index (κ3) is 2.86. The number of nitro groups is 1. The first-order valence-corrected chi connectivity index (χ1v) is 6.16. The van der Waals surface area contributed by atoms with Crippen molar-refractivity contribution in [2.75, 3.05) is 0 Å². The van der Waals surface area contributed by atoms with Crippen molar-refractivity contribution < 1.29 is 26.5 Å². The molecule has 1 aromatic rings. The summed E-state index contributed by atoms with van der Waals surface area (Å²) in [6, 6.07) is 0.407. The molecule has 0 unspecified atom stereocenters. The van der Waals surface area contributed by atoms with Crippen LogP contribution in [0.2, 0.25) is 0 Å². The average molecular weight is 290 g/mol. The molecule has 0 aliphatic heterocycles. The van der Waals surface area contributed by atoms with Gasteiger partial charge in [-0.05, 0) is 6.07 Å². The number of nitrogens with zero attached hydrogens (tertiary/aromatic N) is 1. The molecular weight excluding hydrogens is 287 g/mol. The van der Waals surface area contributed by atoms with Gasteiger partial charge in [-0.25, -0.2) is 21.6 Å². The van der Waals surface area contributed by atoms with Crippen molar-refractivity contribution in [3.8, 4) is 0 Å². The summed E-state index contributed by atoms with van der Waals surface area (Å²) in [5, 5.41) is 10.4. The highest BCUT2D eigenvalue weighted by molar-refractivity contribution is 8.13. The van der Waals surface area contributed by atoms with E-state index in [1.807, 2.05) is 0 Å². The third-order valence-electron chi connectivity index (χ3n) is 1.76. The summed E-state index contributed by atoms with van der Waals surface area (Å²) in [6.07, 6.45) is -3.47. The quantitative estimate of drug-likeness (QED) is 0.487. The zero-order valence-electron chi connectivity index (χ0n) is 7.73. The van der Waals surface area contributed by atoms with Gasteiger partial charge in [0.15, 0.2) is 0 Å². The average Bonchev–Trinajstić information content (AvgIpc) is 2.14. The van der Waals surface area contributed by atoms with Crippen molar-refractivity contribution in [3.05, 3.63) is 33.6 Å². The van der Waals surface area contributed by atoms with Crippen LogP contribution >= 0.6 is 10.7 Å². The van der Waals surface area contributed by atoms with E-state index >= 15 is 0 Å². The molecule has 1 rings (SSSR count). The minimum Gasteiger partial charge on any atom is -0.258 e. The van der Waals surface area contributed by atoms with Gasteiger partial charge in [-0.15, -0.1) is 0 Å². The van der Waals surface area contributed by atoms with Crippen LogP contribution in [0.25, 0.3) is 0 Å². The number of hydrogen-bond acceptors (Lipinski definition) is 4. The predicted octanol–water partition coefficient (Wildman–Crippen LogP) is 2.60. The van der Waals surface area contributed by atoms with Gasteiger partial charge in [0.1, 0.15) is 16.3 Å². The lowest BCUT2D eigenvalue weighted by atomic mass is 10.2. The fourth-order valence-corrected chi connectivity index (χ4v) is 2.24. The Kier molecular flexibility index (Phi) is 3.62. The van der Waals surface area contributed by atoms with Crippen molar-refractivity contribution in [2.45, 2.75) is 11.3 Å². The van der Waals surface area contributed by atoms with Crippen molar-refractivity contribution >= 4 is 25.4 Å². The monoisotopic (exact) mass is 289 g/mol. The van der Waals surface area contributed by atoms with Gasteiger partial charge in [-0.1, -0.05) is 0 Å². The first kappa shape index (κ1) is 13.7. The van der Waals surface area contributed by atoms with Gasteiger partial charge in [0.25, 0.3) is 21.2 Å². The molecule has 0 spiro atoms. The molecule has 0 saturated heterocycles. The Morgan fingerprint density at radius 1 is 1.35 bits per heavy atom. The minimum atomic E-state index is -4.71. The lowest BCUT2D eigenvalue weighted by Gasteiger charge is -2.06. The van der Waals surface area contributed by atoms with E-state index in [-0.39, 0.29) is 12.1 Å². The first-order chi connectivity index (χ1) is 7.64. The highest BCUT2D eigenvalue weighted by Gasteiger charge is 2.32. The number of nitro benzene ring substituents is 1. The Balaban J connectivity index is 3.77. The molecule has 0 heterocycles. The van der Waals surface area contributed by atoms with E-state index < -0.39 is 42.4 Å². The Morgan fingerprint density at radius 2 is 1.88 bits per heavy atom. The second-order valence-corrected chi connectivity index (χ2v) is 5.37. The minimum absolute atomic E-state index is 0.201. The fourth-order valence-electron chi connectivity index (χ4n) is 1.15. The zero-order valence-corrected chi connectivity index (χ0v) is 9.30. The van der Waals surface area contributed by atoms with Crippen LogP contribution < -0.4 is 0 Å². The highest BCUT2D eigenvalue weighted by Crippen LogP contribution is 2.36. The van der Waals surface area contributed by atoms with Gasteiger partial charge >= 0.3 is 0 Å². The molecule has 0 aliphatic rings. The third-order valence-corrected chi connectivity index (χ3v) is 3.12. The van der Waals surface area contributed by atoms with E-state index in [1.165, 1.54) is 0 Å². The van der Waals surface area contributed by atoms with Gasteiger partial charge in [-0.3, -0.25) is 10.1 Å². The van der Waals surface area contributed by atoms with E-state index in [2.05, 4.69) is 0 Å². The molecule has 0 saturated carbocycles. The van der Waals surface area contributed by atoms with E-state index in [0.717, 1.165) is 0 Å². The van der Waals surface area contributed by atoms with Crippen LogP contribution in [0.15, 0.2) is 17.0 Å². The number of hydrogen-bond donors (Lipinski definition) is 0. The topological polar surface area (TPSA) is 77.3 Å². The molecule has 0 aliphatic carbocycles. The largest absolute Gasteiger partial charge is 0.282 e. The predicted molar refractivity (Wildman–Crippen MR) is 51.1 cm³/mol. The molecule has 17 heavy (non-hydrogen) atoms. The second kappa shape index (κ2) is 4.49. The van der Waals surface area contributed by atoms with Crippen LogP contribution in [0.4, 0.5) is 18.9 Å². The Bertz CT molecular complexity index is 575. The standard InChI is InChI=1S/C7H3ClF3NO4S/c8-17(15,16)5-2-3(9)1-4(12(13)14)6(5)7(10)11/h1-2,7H. The molecule has 0 atom stereocenters. The van der Waals surface area contributed by atoms with Crippen LogP contribution in [0.5, 0.6) is 0 Å². The van der Waals surface area contributed by atoms with Crippen molar-refractivity contribution in [1.82, 2.24) is 0 Å². The molecule has 1 aromatic carbocycles. The summed E-state index contributed by atoms with van der Waals surface area (Å²) in [5.74, 6) is -1.35. The Morgan fingerprint density at radius 3 is 2.24 bits per heavy atom. The van der Waals surface area contributed by atoms with E-state index in [1.54, 1.807) is 0 Å². The molecule has 0 radical (unpaired) electrons. The van der Waals surface area contributed by atoms with Gasteiger partial charge in [0, 0.05) is 10.7 Å². The smallest absolute Gasteiger partial charge is 0.258 e. The van der Waals surface area contributed by atoms with Crippen LogP contribution in [0, 0.1) is 15.9 Å². The first-order valence-electron chi connectivity index (χ1n) is 3.85. The van der Waals surface area contributed by atoms with Crippen molar-refractivity contribution in [1.29, 1.82) is 0 Å². The van der Waals surface area contributed by atoms with Crippen molar-refractivity contribution in [3.63, 3.8) is 0 Å². The summed E-state index contributed by atoms with van der Waals surface area (Å²) >= 11 is 0. The summed E-state index contributed by atoms with van der Waals surface area (Å²) in [6.45, 7) is 0. The summed E-state index contributed by atoms with van der Waals surface area (Å²) in [4.78, 5) is 7.81. The molecular formula is C7H3ClF3NO4S. The maximum absolute atomic E-state index is 12.9. The van der Waals surface area contributed by atoms with Crippen LogP contribution in [0.1, 0.15) is 12.0 Å². The molecule has 5 nitrogen and oxygen atoms in total. The molecule has 0 fully saturated rings. The van der Waals surface area contributed by atoms with Crippen LogP contribution in [-0.4, -0.2) is 13.3 Å². The number of rotatable bonds is 3. The van der Waals surface area contributed by atoms with Gasteiger partial charge in [0.2, 0.25) is 0 Å². The number of alkyl halides is 2. The van der Waals surface area contributed by atoms with Gasteiger partial charge in [-0.2, -0.15) is 0 Å². The summed E-state index contributed by atoms with van der Waals surface area (Å²) < 4.78 is 59.9. The van der Waals surface area contributed by atoms with E-state index in [0.29, 0.717) is 0 Å². The molecule has 0 aromatic heterocycles. The molecule has 0 N–H and O–H groups in total. The molecule has 10 heteroatoms. The van der Waals surface area contributed by atoms with Gasteiger partial charge in [0.05, 0.1) is 11.0 Å². The zero-order chi connectivity index (χ0) is 13.4. The van der Waals surface area contributed by atoms with Gasteiger partial charge < -0.3 is 0 Å². The fraction of sp³-hybridized carbons (Fsp3) is 0.143. The lowest BCUT2D eigenvalue weighted by Crippen LogP contribution is -2.05. The molecule has 94 valence electrons. The Hall–Kier alpha value is -1.35. The lowest BCUT2D eigenvalue weighted by molar-refractivity contribution is -0.386. The van der Waals surface area contributed by atoms with E-state index in [9.17, 15) is 31.7 Å². The maximum atomic E-state index is 12.9. The normalized spacial score (nSPS) is 11.8. The number of halogens is 4.